The first-order chi connectivity index (χ1) is 13.4. The molecule has 1 saturated carbocycles. The van der Waals surface area contributed by atoms with Gasteiger partial charge < -0.3 is 20.2 Å². The standard InChI is InChI=1S/C20H23ClN4O3/c1-12(22-20(27)28)15-11-14-3-2-4-16(21)17(14)23-18(15)24-7-9-25(10-8-24)19(26)13-5-6-13/h2-4,11-13,22H,5-10H2,1H3,(H,27,28). The van der Waals surface area contributed by atoms with Crippen LogP contribution in [0.2, 0.25) is 5.02 Å². The van der Waals surface area contributed by atoms with Crippen molar-refractivity contribution in [3.63, 3.8) is 0 Å². The van der Waals surface area contributed by atoms with Crippen LogP contribution in [0.1, 0.15) is 31.4 Å². The summed E-state index contributed by atoms with van der Waals surface area (Å²) >= 11 is 6.35. The minimum Gasteiger partial charge on any atom is -0.465 e. The zero-order valence-electron chi connectivity index (χ0n) is 15.7. The molecule has 2 N–H and O–H groups in total. The molecule has 2 aromatic rings. The van der Waals surface area contributed by atoms with Crippen LogP contribution in [0.4, 0.5) is 10.6 Å². The monoisotopic (exact) mass is 402 g/mol. The van der Waals surface area contributed by atoms with Crippen molar-refractivity contribution in [2.24, 2.45) is 5.92 Å². The van der Waals surface area contributed by atoms with Crippen LogP contribution in [0, 0.1) is 5.92 Å². The van der Waals surface area contributed by atoms with Gasteiger partial charge in [0.05, 0.1) is 16.6 Å². The number of fused-ring (bicyclic) bond motifs is 1. The number of amides is 2. The fraction of sp³-hybridized carbons (Fsp3) is 0.450. The summed E-state index contributed by atoms with van der Waals surface area (Å²) in [4.78, 5) is 32.3. The van der Waals surface area contributed by atoms with Crippen LogP contribution in [-0.2, 0) is 4.79 Å². The van der Waals surface area contributed by atoms with Gasteiger partial charge >= 0.3 is 6.09 Å². The van der Waals surface area contributed by atoms with E-state index in [2.05, 4.69) is 10.2 Å². The number of carboxylic acid groups (broad SMARTS) is 1. The van der Waals surface area contributed by atoms with Crippen molar-refractivity contribution in [2.75, 3.05) is 31.1 Å². The van der Waals surface area contributed by atoms with E-state index in [9.17, 15) is 9.59 Å². The topological polar surface area (TPSA) is 85.8 Å². The van der Waals surface area contributed by atoms with Gasteiger partial charge in [0.15, 0.2) is 0 Å². The van der Waals surface area contributed by atoms with Gasteiger partial charge in [-0.2, -0.15) is 0 Å². The fourth-order valence-corrected chi connectivity index (χ4v) is 3.96. The molecule has 1 aliphatic heterocycles. The second kappa shape index (κ2) is 7.47. The van der Waals surface area contributed by atoms with E-state index in [4.69, 9.17) is 21.7 Å². The zero-order chi connectivity index (χ0) is 19.8. The molecule has 148 valence electrons. The van der Waals surface area contributed by atoms with Crippen LogP contribution in [0.3, 0.4) is 0 Å². The molecule has 2 heterocycles. The molecule has 28 heavy (non-hydrogen) atoms. The molecule has 1 atom stereocenters. The maximum atomic E-state index is 12.3. The van der Waals surface area contributed by atoms with E-state index in [0.29, 0.717) is 36.7 Å². The maximum Gasteiger partial charge on any atom is 0.405 e. The van der Waals surface area contributed by atoms with Crippen molar-refractivity contribution in [3.8, 4) is 0 Å². The molecule has 0 radical (unpaired) electrons. The number of halogens is 1. The number of carbonyl (C=O) groups excluding carboxylic acids is 1. The van der Waals surface area contributed by atoms with Gasteiger partial charge in [-0.3, -0.25) is 4.79 Å². The Labute approximate surface area is 168 Å². The minimum absolute atomic E-state index is 0.222. The van der Waals surface area contributed by atoms with Gasteiger partial charge in [0.1, 0.15) is 5.82 Å². The summed E-state index contributed by atoms with van der Waals surface area (Å²) < 4.78 is 0. The quantitative estimate of drug-likeness (QED) is 0.819. The van der Waals surface area contributed by atoms with E-state index < -0.39 is 12.1 Å². The number of nitrogens with zero attached hydrogens (tertiary/aromatic N) is 3. The highest BCUT2D eigenvalue weighted by molar-refractivity contribution is 6.35. The zero-order valence-corrected chi connectivity index (χ0v) is 16.4. The lowest BCUT2D eigenvalue weighted by Gasteiger charge is -2.37. The Morgan fingerprint density at radius 3 is 2.61 bits per heavy atom. The first-order valence-corrected chi connectivity index (χ1v) is 9.94. The number of para-hydroxylation sites is 1. The molecule has 7 nitrogen and oxygen atoms in total. The second-order valence-corrected chi connectivity index (χ2v) is 7.88. The van der Waals surface area contributed by atoms with Gasteiger partial charge in [-0.1, -0.05) is 23.7 Å². The van der Waals surface area contributed by atoms with Crippen molar-refractivity contribution >= 4 is 40.3 Å². The molecule has 1 aromatic heterocycles. The summed E-state index contributed by atoms with van der Waals surface area (Å²) in [6.07, 6.45) is 0.933. The molecule has 2 amide bonds. The number of anilines is 1. The summed E-state index contributed by atoms with van der Waals surface area (Å²) in [7, 11) is 0. The predicted molar refractivity (Wildman–Crippen MR) is 108 cm³/mol. The van der Waals surface area contributed by atoms with Crippen molar-refractivity contribution in [1.29, 1.82) is 0 Å². The average molecular weight is 403 g/mol. The number of hydrogen-bond acceptors (Lipinski definition) is 4. The smallest absolute Gasteiger partial charge is 0.405 e. The highest BCUT2D eigenvalue weighted by atomic mass is 35.5. The van der Waals surface area contributed by atoms with E-state index in [-0.39, 0.29) is 11.8 Å². The van der Waals surface area contributed by atoms with Gasteiger partial charge in [-0.15, -0.1) is 0 Å². The molecular weight excluding hydrogens is 380 g/mol. The first-order valence-electron chi connectivity index (χ1n) is 9.56. The Hall–Kier alpha value is -2.54. The van der Waals surface area contributed by atoms with Crippen LogP contribution in [0.15, 0.2) is 24.3 Å². The molecule has 1 aliphatic carbocycles. The Morgan fingerprint density at radius 2 is 1.96 bits per heavy atom. The fourth-order valence-electron chi connectivity index (χ4n) is 3.73. The van der Waals surface area contributed by atoms with Gasteiger partial charge in [0.25, 0.3) is 0 Å². The number of pyridine rings is 1. The third kappa shape index (κ3) is 3.71. The molecule has 8 heteroatoms. The lowest BCUT2D eigenvalue weighted by molar-refractivity contribution is -0.132. The number of rotatable bonds is 4. The van der Waals surface area contributed by atoms with Crippen molar-refractivity contribution in [3.05, 3.63) is 34.9 Å². The van der Waals surface area contributed by atoms with Crippen molar-refractivity contribution < 1.29 is 14.7 Å². The Kier molecular flexibility index (Phi) is 5.02. The average Bonchev–Trinajstić information content (AvgIpc) is 3.52. The summed E-state index contributed by atoms with van der Waals surface area (Å²) in [6, 6.07) is 7.10. The highest BCUT2D eigenvalue weighted by Gasteiger charge is 2.35. The maximum absolute atomic E-state index is 12.3. The first kappa shape index (κ1) is 18.8. The Bertz CT molecular complexity index is 923. The lowest BCUT2D eigenvalue weighted by Crippen LogP contribution is -2.50. The number of benzene rings is 1. The van der Waals surface area contributed by atoms with Crippen LogP contribution >= 0.6 is 11.6 Å². The highest BCUT2D eigenvalue weighted by Crippen LogP contribution is 2.34. The van der Waals surface area contributed by atoms with Crippen molar-refractivity contribution in [2.45, 2.75) is 25.8 Å². The largest absolute Gasteiger partial charge is 0.465 e. The Balaban J connectivity index is 1.65. The lowest BCUT2D eigenvalue weighted by atomic mass is 10.0. The van der Waals surface area contributed by atoms with Gasteiger partial charge in [-0.05, 0) is 31.9 Å². The van der Waals surface area contributed by atoms with Crippen LogP contribution in [-0.4, -0.2) is 53.2 Å². The van der Waals surface area contributed by atoms with E-state index in [1.165, 1.54) is 0 Å². The molecule has 1 aromatic carbocycles. The number of hydrogen-bond donors (Lipinski definition) is 2. The minimum atomic E-state index is -1.08. The number of piperazine rings is 1. The van der Waals surface area contributed by atoms with Gasteiger partial charge in [0.2, 0.25) is 5.91 Å². The van der Waals surface area contributed by atoms with Gasteiger partial charge in [-0.25, -0.2) is 9.78 Å². The second-order valence-electron chi connectivity index (χ2n) is 7.47. The third-order valence-electron chi connectivity index (χ3n) is 5.43. The van der Waals surface area contributed by atoms with E-state index >= 15 is 0 Å². The Morgan fingerprint density at radius 1 is 1.25 bits per heavy atom. The van der Waals surface area contributed by atoms with Crippen LogP contribution in [0.25, 0.3) is 10.9 Å². The molecule has 0 bridgehead atoms. The third-order valence-corrected chi connectivity index (χ3v) is 5.73. The summed E-state index contributed by atoms with van der Waals surface area (Å²) in [5.74, 6) is 1.20. The summed E-state index contributed by atoms with van der Waals surface area (Å²) in [5.41, 5.74) is 1.50. The van der Waals surface area contributed by atoms with E-state index in [1.54, 1.807) is 13.0 Å². The molecule has 4 rings (SSSR count). The summed E-state index contributed by atoms with van der Waals surface area (Å²) in [6.45, 7) is 4.43. The molecular formula is C20H23ClN4O3. The molecule has 2 aliphatic rings. The van der Waals surface area contributed by atoms with Crippen LogP contribution in [0.5, 0.6) is 0 Å². The van der Waals surface area contributed by atoms with Gasteiger partial charge in [0, 0.05) is 43.0 Å². The predicted octanol–water partition coefficient (Wildman–Crippen LogP) is 3.28. The van der Waals surface area contributed by atoms with E-state index in [0.717, 1.165) is 29.6 Å². The van der Waals surface area contributed by atoms with Crippen LogP contribution < -0.4 is 10.2 Å². The number of aromatic nitrogens is 1. The van der Waals surface area contributed by atoms with E-state index in [1.807, 2.05) is 23.1 Å². The summed E-state index contributed by atoms with van der Waals surface area (Å²) in [5, 5.41) is 13.1. The molecule has 0 spiro atoms. The SMILES string of the molecule is CC(NC(=O)O)c1cc2cccc(Cl)c2nc1N1CCN(C(=O)C2CC2)CC1. The molecule has 1 saturated heterocycles. The van der Waals surface area contributed by atoms with Crippen molar-refractivity contribution in [1.82, 2.24) is 15.2 Å². The normalized spacial score (nSPS) is 18.2. The molecule has 2 fully saturated rings. The molecule has 1 unspecified atom stereocenters. The number of carbonyl (C=O) groups is 2. The number of nitrogens with one attached hydrogen (secondary N) is 1.